The Morgan fingerprint density at radius 3 is 2.89 bits per heavy atom. The van der Waals surface area contributed by atoms with E-state index in [4.69, 9.17) is 16.3 Å². The highest BCUT2D eigenvalue weighted by molar-refractivity contribution is 6.31. The molecular weight excluding hydrogens is 258 g/mol. The summed E-state index contributed by atoms with van der Waals surface area (Å²) in [5, 5.41) is 4.37. The normalized spacial score (nSPS) is 23.2. The van der Waals surface area contributed by atoms with Crippen molar-refractivity contribution in [3.05, 3.63) is 34.3 Å². The summed E-state index contributed by atoms with van der Waals surface area (Å²) in [6, 6.07) is 6.28. The van der Waals surface area contributed by atoms with Crippen LogP contribution in [0.3, 0.4) is 0 Å². The fourth-order valence-electron chi connectivity index (χ4n) is 2.55. The van der Waals surface area contributed by atoms with Gasteiger partial charge in [0.2, 0.25) is 0 Å². The highest BCUT2D eigenvalue weighted by Gasteiger charge is 2.29. The van der Waals surface area contributed by atoms with Gasteiger partial charge in [0, 0.05) is 24.1 Å². The molecule has 1 aromatic rings. The molecule has 0 aromatic heterocycles. The molecule has 0 bridgehead atoms. The van der Waals surface area contributed by atoms with Crippen LogP contribution in [-0.4, -0.2) is 19.7 Å². The molecule has 1 heterocycles. The van der Waals surface area contributed by atoms with Crippen molar-refractivity contribution in [1.29, 1.82) is 0 Å². The maximum absolute atomic E-state index is 6.21. The quantitative estimate of drug-likeness (QED) is 0.882. The third-order valence-electron chi connectivity index (χ3n) is 3.70. The summed E-state index contributed by atoms with van der Waals surface area (Å²) in [6.45, 7) is 9.43. The van der Waals surface area contributed by atoms with E-state index < -0.39 is 0 Å². The van der Waals surface area contributed by atoms with E-state index in [2.05, 4.69) is 37.4 Å². The Hall–Kier alpha value is -0.570. The molecule has 3 heteroatoms. The van der Waals surface area contributed by atoms with E-state index in [1.54, 1.807) is 0 Å². The van der Waals surface area contributed by atoms with Crippen LogP contribution in [0.25, 0.3) is 0 Å². The fraction of sp³-hybridized carbons (Fsp3) is 0.625. The van der Waals surface area contributed by atoms with Crippen molar-refractivity contribution in [2.75, 3.05) is 19.7 Å². The lowest BCUT2D eigenvalue weighted by atomic mass is 9.94. The van der Waals surface area contributed by atoms with Gasteiger partial charge in [-0.3, -0.25) is 0 Å². The van der Waals surface area contributed by atoms with Crippen LogP contribution in [0, 0.1) is 18.8 Å². The molecule has 2 unspecified atom stereocenters. The summed E-state index contributed by atoms with van der Waals surface area (Å²) in [6.07, 6.45) is 1.32. The first-order chi connectivity index (χ1) is 9.08. The summed E-state index contributed by atoms with van der Waals surface area (Å²) in [4.78, 5) is 0. The molecule has 0 saturated carbocycles. The molecule has 0 aliphatic carbocycles. The molecule has 1 aliphatic rings. The predicted molar refractivity (Wildman–Crippen MR) is 80.7 cm³/mol. The highest BCUT2D eigenvalue weighted by Crippen LogP contribution is 2.35. The molecule has 2 atom stereocenters. The standard InChI is InChI=1S/C16H24ClNO/c1-11(2)9-18-10-14-6-7-19-16(14)13-5-4-12(3)15(17)8-13/h4-5,8,11,14,16,18H,6-7,9-10H2,1-3H3. The summed E-state index contributed by atoms with van der Waals surface area (Å²) in [5.74, 6) is 1.24. The van der Waals surface area contributed by atoms with E-state index in [9.17, 15) is 0 Å². The van der Waals surface area contributed by atoms with Gasteiger partial charge in [0.05, 0.1) is 6.10 Å². The maximum Gasteiger partial charge on any atom is 0.0866 e. The number of ether oxygens (including phenoxy) is 1. The maximum atomic E-state index is 6.21. The van der Waals surface area contributed by atoms with Gasteiger partial charge in [-0.25, -0.2) is 0 Å². The molecule has 1 aliphatic heterocycles. The number of hydrogen-bond donors (Lipinski definition) is 1. The zero-order valence-electron chi connectivity index (χ0n) is 12.1. The number of nitrogens with one attached hydrogen (secondary N) is 1. The topological polar surface area (TPSA) is 21.3 Å². The van der Waals surface area contributed by atoms with Gasteiger partial charge >= 0.3 is 0 Å². The van der Waals surface area contributed by atoms with Crippen molar-refractivity contribution in [3.8, 4) is 0 Å². The first kappa shape index (κ1) is 14.8. The highest BCUT2D eigenvalue weighted by atomic mass is 35.5. The lowest BCUT2D eigenvalue weighted by molar-refractivity contribution is 0.0903. The lowest BCUT2D eigenvalue weighted by Gasteiger charge is -2.20. The Morgan fingerprint density at radius 2 is 2.21 bits per heavy atom. The zero-order valence-corrected chi connectivity index (χ0v) is 12.8. The smallest absolute Gasteiger partial charge is 0.0866 e. The molecule has 2 rings (SSSR count). The molecule has 1 saturated heterocycles. The van der Waals surface area contributed by atoms with Crippen LogP contribution in [0.4, 0.5) is 0 Å². The van der Waals surface area contributed by atoms with Crippen molar-refractivity contribution in [2.24, 2.45) is 11.8 Å². The van der Waals surface area contributed by atoms with Crippen LogP contribution in [0.1, 0.15) is 37.5 Å². The van der Waals surface area contributed by atoms with Gasteiger partial charge in [0.1, 0.15) is 0 Å². The second kappa shape index (κ2) is 6.74. The number of hydrogen-bond acceptors (Lipinski definition) is 2. The average Bonchev–Trinajstić information content (AvgIpc) is 2.80. The van der Waals surface area contributed by atoms with Crippen LogP contribution >= 0.6 is 11.6 Å². The first-order valence-electron chi connectivity index (χ1n) is 7.16. The van der Waals surface area contributed by atoms with E-state index in [-0.39, 0.29) is 6.10 Å². The average molecular weight is 282 g/mol. The molecule has 1 N–H and O–H groups in total. The molecule has 0 radical (unpaired) electrons. The van der Waals surface area contributed by atoms with Gasteiger partial charge in [-0.1, -0.05) is 37.6 Å². The predicted octanol–water partition coefficient (Wildman–Crippen LogP) is 3.97. The third-order valence-corrected chi connectivity index (χ3v) is 4.10. The van der Waals surface area contributed by atoms with E-state index in [1.807, 2.05) is 6.92 Å². The van der Waals surface area contributed by atoms with E-state index in [1.165, 1.54) is 5.56 Å². The summed E-state index contributed by atoms with van der Waals surface area (Å²) >= 11 is 6.21. The number of rotatable bonds is 5. The van der Waals surface area contributed by atoms with Gasteiger partial charge in [-0.15, -0.1) is 0 Å². The van der Waals surface area contributed by atoms with Crippen molar-refractivity contribution in [3.63, 3.8) is 0 Å². The Labute approximate surface area is 121 Å². The summed E-state index contributed by atoms with van der Waals surface area (Å²) in [7, 11) is 0. The minimum atomic E-state index is 0.192. The van der Waals surface area contributed by atoms with Gasteiger partial charge in [-0.05, 0) is 43.0 Å². The third kappa shape index (κ3) is 3.95. The minimum absolute atomic E-state index is 0.192. The van der Waals surface area contributed by atoms with E-state index in [0.29, 0.717) is 11.8 Å². The lowest BCUT2D eigenvalue weighted by Crippen LogP contribution is -2.28. The van der Waals surface area contributed by atoms with Crippen LogP contribution in [0.2, 0.25) is 5.02 Å². The molecule has 19 heavy (non-hydrogen) atoms. The van der Waals surface area contributed by atoms with E-state index in [0.717, 1.165) is 36.7 Å². The van der Waals surface area contributed by atoms with Gasteiger partial charge in [-0.2, -0.15) is 0 Å². The second-order valence-corrected chi connectivity index (χ2v) is 6.31. The summed E-state index contributed by atoms with van der Waals surface area (Å²) < 4.78 is 5.91. The van der Waals surface area contributed by atoms with Crippen molar-refractivity contribution < 1.29 is 4.74 Å². The Kier molecular flexibility index (Phi) is 5.26. The monoisotopic (exact) mass is 281 g/mol. The van der Waals surface area contributed by atoms with Crippen molar-refractivity contribution in [1.82, 2.24) is 5.32 Å². The molecule has 106 valence electrons. The molecule has 0 spiro atoms. The van der Waals surface area contributed by atoms with Crippen LogP contribution in [-0.2, 0) is 4.74 Å². The molecule has 1 fully saturated rings. The molecule has 1 aromatic carbocycles. The van der Waals surface area contributed by atoms with Crippen LogP contribution < -0.4 is 5.32 Å². The first-order valence-corrected chi connectivity index (χ1v) is 7.54. The van der Waals surface area contributed by atoms with Crippen molar-refractivity contribution >= 4 is 11.6 Å². The van der Waals surface area contributed by atoms with Gasteiger partial charge < -0.3 is 10.1 Å². The summed E-state index contributed by atoms with van der Waals surface area (Å²) in [5.41, 5.74) is 2.34. The van der Waals surface area contributed by atoms with Crippen LogP contribution in [0.5, 0.6) is 0 Å². The van der Waals surface area contributed by atoms with Crippen LogP contribution in [0.15, 0.2) is 18.2 Å². The molecular formula is C16H24ClNO. The minimum Gasteiger partial charge on any atom is -0.373 e. The largest absolute Gasteiger partial charge is 0.373 e. The van der Waals surface area contributed by atoms with Crippen molar-refractivity contribution in [2.45, 2.75) is 33.3 Å². The number of halogens is 1. The second-order valence-electron chi connectivity index (χ2n) is 5.90. The van der Waals surface area contributed by atoms with Gasteiger partial charge in [0.25, 0.3) is 0 Å². The number of benzene rings is 1. The Bertz CT molecular complexity index is 419. The van der Waals surface area contributed by atoms with E-state index >= 15 is 0 Å². The molecule has 0 amide bonds. The van der Waals surface area contributed by atoms with Gasteiger partial charge in [0.15, 0.2) is 0 Å². The molecule has 2 nitrogen and oxygen atoms in total. The fourth-order valence-corrected chi connectivity index (χ4v) is 2.74. The SMILES string of the molecule is Cc1ccc(C2OCCC2CNCC(C)C)cc1Cl. The Balaban J connectivity index is 1.99. The number of aryl methyl sites for hydroxylation is 1. The zero-order chi connectivity index (χ0) is 13.8. The Morgan fingerprint density at radius 1 is 1.42 bits per heavy atom.